The zero-order valence-electron chi connectivity index (χ0n) is 10.7. The van der Waals surface area contributed by atoms with Crippen molar-refractivity contribution >= 4 is 50.4 Å². The number of nitrogens with zero attached hydrogens (tertiary/aromatic N) is 3. The minimum Gasteiger partial charge on any atom is -0.353 e. The van der Waals surface area contributed by atoms with Crippen LogP contribution in [0.2, 0.25) is 9.62 Å². The maximum absolute atomic E-state index is 12.0. The second kappa shape index (κ2) is 5.24. The lowest BCUT2D eigenvalue weighted by atomic mass is 10.2. The van der Waals surface area contributed by atoms with E-state index in [1.807, 2.05) is 0 Å². The first-order chi connectivity index (χ1) is 9.88. The maximum Gasteiger partial charge on any atom is 0.285 e. The standard InChI is InChI=1S/C12H9Cl2N3O2S2/c1-17(6-8-10(13)15-12(14)20-8)11-7-4-2-3-5-9(7)21(18,19)16-11/h2-5H,6H2,1H3. The summed E-state index contributed by atoms with van der Waals surface area (Å²) in [4.78, 5) is 6.63. The van der Waals surface area contributed by atoms with Gasteiger partial charge in [0, 0.05) is 12.6 Å². The third-order valence-corrected chi connectivity index (χ3v) is 5.87. The van der Waals surface area contributed by atoms with Gasteiger partial charge in [-0.3, -0.25) is 0 Å². The van der Waals surface area contributed by atoms with Crippen molar-refractivity contribution in [3.63, 3.8) is 0 Å². The molecule has 1 aliphatic heterocycles. The molecule has 0 radical (unpaired) electrons. The van der Waals surface area contributed by atoms with Crippen LogP contribution in [0.4, 0.5) is 0 Å². The summed E-state index contributed by atoms with van der Waals surface area (Å²) in [5.74, 6) is 0.395. The van der Waals surface area contributed by atoms with Gasteiger partial charge in [0.25, 0.3) is 10.0 Å². The number of hydrogen-bond donors (Lipinski definition) is 0. The molecule has 110 valence electrons. The highest BCUT2D eigenvalue weighted by Gasteiger charge is 2.30. The second-order valence-electron chi connectivity index (χ2n) is 4.42. The molecule has 0 saturated heterocycles. The fraction of sp³-hybridized carbons (Fsp3) is 0.167. The Morgan fingerprint density at radius 1 is 1.29 bits per heavy atom. The first-order valence-electron chi connectivity index (χ1n) is 5.85. The Kier molecular flexibility index (Phi) is 3.69. The molecule has 2 heterocycles. The van der Waals surface area contributed by atoms with Gasteiger partial charge < -0.3 is 4.90 Å². The average Bonchev–Trinajstić information content (AvgIpc) is 2.88. The molecule has 2 aromatic rings. The number of fused-ring (bicyclic) bond motifs is 1. The summed E-state index contributed by atoms with van der Waals surface area (Å²) in [5.41, 5.74) is 0.590. The van der Waals surface area contributed by atoms with Crippen LogP contribution in [0, 0.1) is 0 Å². The van der Waals surface area contributed by atoms with Crippen LogP contribution in [0.5, 0.6) is 0 Å². The smallest absolute Gasteiger partial charge is 0.285 e. The van der Waals surface area contributed by atoms with Crippen LogP contribution in [0.1, 0.15) is 10.4 Å². The second-order valence-corrected chi connectivity index (χ2v) is 8.02. The lowest BCUT2D eigenvalue weighted by molar-refractivity contribution is 0.507. The molecule has 0 spiro atoms. The van der Waals surface area contributed by atoms with E-state index in [9.17, 15) is 8.42 Å². The summed E-state index contributed by atoms with van der Waals surface area (Å²) in [6.45, 7) is 0.381. The summed E-state index contributed by atoms with van der Waals surface area (Å²) < 4.78 is 28.2. The molecule has 0 atom stereocenters. The predicted octanol–water partition coefficient (Wildman–Crippen LogP) is 3.03. The largest absolute Gasteiger partial charge is 0.353 e. The molecule has 0 bridgehead atoms. The fourth-order valence-electron chi connectivity index (χ4n) is 2.06. The molecule has 0 unspecified atom stereocenters. The first-order valence-corrected chi connectivity index (χ1v) is 8.86. The van der Waals surface area contributed by atoms with Gasteiger partial charge in [-0.1, -0.05) is 35.3 Å². The van der Waals surface area contributed by atoms with Crippen LogP contribution >= 0.6 is 34.5 Å². The van der Waals surface area contributed by atoms with Crippen LogP contribution in [0.25, 0.3) is 0 Å². The van der Waals surface area contributed by atoms with Crippen molar-refractivity contribution in [2.75, 3.05) is 7.05 Å². The van der Waals surface area contributed by atoms with Gasteiger partial charge in [-0.15, -0.1) is 15.7 Å². The number of amidine groups is 1. The van der Waals surface area contributed by atoms with E-state index in [-0.39, 0.29) is 4.90 Å². The highest BCUT2D eigenvalue weighted by atomic mass is 35.5. The van der Waals surface area contributed by atoms with E-state index in [2.05, 4.69) is 9.38 Å². The molecule has 0 amide bonds. The Balaban J connectivity index is 1.96. The van der Waals surface area contributed by atoms with E-state index < -0.39 is 10.0 Å². The Morgan fingerprint density at radius 3 is 2.67 bits per heavy atom. The van der Waals surface area contributed by atoms with Crippen molar-refractivity contribution in [2.45, 2.75) is 11.4 Å². The third kappa shape index (κ3) is 2.66. The summed E-state index contributed by atoms with van der Waals surface area (Å²) in [6, 6.07) is 6.73. The van der Waals surface area contributed by atoms with Gasteiger partial charge in [-0.25, -0.2) is 4.98 Å². The predicted molar refractivity (Wildman–Crippen MR) is 83.8 cm³/mol. The molecule has 0 saturated carbocycles. The van der Waals surface area contributed by atoms with Crippen molar-refractivity contribution in [3.05, 3.63) is 44.3 Å². The van der Waals surface area contributed by atoms with Crippen LogP contribution in [-0.4, -0.2) is 31.2 Å². The molecule has 9 heteroatoms. The molecular weight excluding hydrogens is 353 g/mol. The van der Waals surface area contributed by atoms with E-state index in [4.69, 9.17) is 23.2 Å². The Labute approximate surface area is 135 Å². The number of aromatic nitrogens is 1. The Hall–Kier alpha value is -1.15. The van der Waals surface area contributed by atoms with E-state index >= 15 is 0 Å². The van der Waals surface area contributed by atoms with E-state index in [0.29, 0.717) is 27.6 Å². The summed E-state index contributed by atoms with van der Waals surface area (Å²) >= 11 is 13.1. The van der Waals surface area contributed by atoms with E-state index in [1.165, 1.54) is 11.3 Å². The maximum atomic E-state index is 12.0. The van der Waals surface area contributed by atoms with Crippen molar-refractivity contribution in [1.29, 1.82) is 0 Å². The van der Waals surface area contributed by atoms with Crippen molar-refractivity contribution < 1.29 is 8.42 Å². The lowest BCUT2D eigenvalue weighted by Gasteiger charge is -2.17. The Morgan fingerprint density at radius 2 is 2.00 bits per heavy atom. The van der Waals surface area contributed by atoms with Gasteiger partial charge in [0.1, 0.15) is 10.0 Å². The van der Waals surface area contributed by atoms with Crippen LogP contribution in [0.15, 0.2) is 33.6 Å². The quantitative estimate of drug-likeness (QED) is 0.824. The fourth-order valence-corrected chi connectivity index (χ4v) is 4.75. The molecule has 0 fully saturated rings. The first kappa shape index (κ1) is 14.8. The molecule has 5 nitrogen and oxygen atoms in total. The normalized spacial score (nSPS) is 15.7. The number of sulfonamides is 1. The lowest BCUT2D eigenvalue weighted by Crippen LogP contribution is -2.25. The monoisotopic (exact) mass is 361 g/mol. The van der Waals surface area contributed by atoms with Gasteiger partial charge in [0.05, 0.1) is 11.4 Å². The van der Waals surface area contributed by atoms with Gasteiger partial charge in [-0.05, 0) is 12.1 Å². The highest BCUT2D eigenvalue weighted by Crippen LogP contribution is 2.31. The summed E-state index contributed by atoms with van der Waals surface area (Å²) in [6.07, 6.45) is 0. The molecular formula is C12H9Cl2N3O2S2. The average molecular weight is 362 g/mol. The molecule has 1 aliphatic rings. The van der Waals surface area contributed by atoms with E-state index in [0.717, 1.165) is 4.88 Å². The zero-order chi connectivity index (χ0) is 15.2. The summed E-state index contributed by atoms with van der Waals surface area (Å²) in [5, 5.41) is 0.326. The Bertz CT molecular complexity index is 846. The molecule has 21 heavy (non-hydrogen) atoms. The van der Waals surface area contributed by atoms with Gasteiger partial charge >= 0.3 is 0 Å². The molecule has 3 rings (SSSR count). The zero-order valence-corrected chi connectivity index (χ0v) is 13.9. The number of halogens is 2. The SMILES string of the molecule is CN(Cc1sc(Cl)nc1Cl)C1=NS(=O)(=O)c2ccccc21. The van der Waals surface area contributed by atoms with E-state index in [1.54, 1.807) is 36.2 Å². The minimum absolute atomic E-state index is 0.222. The molecule has 0 N–H and O–H groups in total. The topological polar surface area (TPSA) is 62.6 Å². The van der Waals surface area contributed by atoms with Crippen LogP contribution in [0.3, 0.4) is 0 Å². The van der Waals surface area contributed by atoms with Crippen molar-refractivity contribution in [1.82, 2.24) is 9.88 Å². The van der Waals surface area contributed by atoms with Crippen LogP contribution in [-0.2, 0) is 16.6 Å². The number of hydrogen-bond acceptors (Lipinski definition) is 5. The minimum atomic E-state index is -3.62. The number of benzene rings is 1. The van der Waals surface area contributed by atoms with Crippen molar-refractivity contribution in [2.24, 2.45) is 4.40 Å². The molecule has 1 aromatic heterocycles. The highest BCUT2D eigenvalue weighted by molar-refractivity contribution is 7.90. The van der Waals surface area contributed by atoms with Gasteiger partial charge in [0.15, 0.2) is 10.3 Å². The molecule has 0 aliphatic carbocycles. The third-order valence-electron chi connectivity index (χ3n) is 2.98. The van der Waals surface area contributed by atoms with Crippen molar-refractivity contribution in [3.8, 4) is 0 Å². The van der Waals surface area contributed by atoms with Gasteiger partial charge in [-0.2, -0.15) is 8.42 Å². The van der Waals surface area contributed by atoms with Crippen LogP contribution < -0.4 is 0 Å². The molecule has 1 aromatic carbocycles. The number of rotatable bonds is 2. The van der Waals surface area contributed by atoms with Gasteiger partial charge in [0.2, 0.25) is 0 Å². The number of thiazole rings is 1. The summed E-state index contributed by atoms with van der Waals surface area (Å²) in [7, 11) is -1.87.